The second kappa shape index (κ2) is 12.6. The third kappa shape index (κ3) is 17.1. The molecule has 0 saturated heterocycles. The average Bonchev–Trinajstić information content (AvgIpc) is 1.96. The Kier molecular flexibility index (Phi) is 17.5. The van der Waals surface area contributed by atoms with Crippen LogP contribution in [0.15, 0.2) is 0 Å². The summed E-state index contributed by atoms with van der Waals surface area (Å²) in [5.74, 6) is 1.46. The van der Waals surface area contributed by atoms with Gasteiger partial charge in [-0.25, -0.2) is 0 Å². The molecule has 0 aromatic heterocycles. The number of nitrogens with two attached hydrogens (primary N) is 1. The maximum absolute atomic E-state index is 5.95. The van der Waals surface area contributed by atoms with Gasteiger partial charge in [0.25, 0.3) is 0 Å². The van der Waals surface area contributed by atoms with Crippen molar-refractivity contribution in [3.05, 3.63) is 0 Å². The van der Waals surface area contributed by atoms with Crippen molar-refractivity contribution in [2.75, 3.05) is 13.1 Å². The molecule has 0 saturated carbocycles. The molecule has 0 heterocycles. The van der Waals surface area contributed by atoms with Gasteiger partial charge in [-0.3, -0.25) is 0 Å². The first-order chi connectivity index (χ1) is 6.02. The van der Waals surface area contributed by atoms with Crippen molar-refractivity contribution in [1.82, 2.24) is 5.32 Å². The summed E-state index contributed by atoms with van der Waals surface area (Å²) in [5.41, 5.74) is 5.95. The third-order valence-corrected chi connectivity index (χ3v) is 2.02. The van der Waals surface area contributed by atoms with Crippen molar-refractivity contribution in [1.29, 1.82) is 0 Å². The molecule has 0 aliphatic carbocycles. The molecule has 0 aromatic carbocycles. The zero-order valence-electron chi connectivity index (χ0n) is 10.5. The summed E-state index contributed by atoms with van der Waals surface area (Å²) >= 11 is 0. The van der Waals surface area contributed by atoms with Crippen LogP contribution in [0, 0.1) is 11.8 Å². The molecular formula is C11H28Cl2N2. The summed E-state index contributed by atoms with van der Waals surface area (Å²) in [4.78, 5) is 0. The molecule has 0 radical (unpaired) electrons. The number of hydrogen-bond donors (Lipinski definition) is 2. The predicted molar refractivity (Wildman–Crippen MR) is 74.3 cm³/mol. The van der Waals surface area contributed by atoms with E-state index in [0.717, 1.165) is 37.8 Å². The Morgan fingerprint density at radius 3 is 1.93 bits per heavy atom. The number of hydrogen-bond acceptors (Lipinski definition) is 2. The first-order valence-electron chi connectivity index (χ1n) is 5.48. The number of halogens is 2. The first kappa shape index (κ1) is 20.9. The van der Waals surface area contributed by atoms with Crippen LogP contribution < -0.4 is 11.1 Å². The van der Waals surface area contributed by atoms with Crippen LogP contribution in [0.2, 0.25) is 0 Å². The predicted octanol–water partition coefficient (Wildman–Crippen LogP) is 2.84. The number of rotatable bonds is 7. The maximum atomic E-state index is 5.95. The molecule has 0 aliphatic heterocycles. The van der Waals surface area contributed by atoms with E-state index in [1.54, 1.807) is 0 Å². The normalized spacial score (nSPS) is 12.2. The van der Waals surface area contributed by atoms with E-state index in [9.17, 15) is 0 Å². The van der Waals surface area contributed by atoms with E-state index >= 15 is 0 Å². The minimum Gasteiger partial charge on any atom is -0.328 e. The molecule has 0 rings (SSSR count). The van der Waals surface area contributed by atoms with Gasteiger partial charge in [0.15, 0.2) is 0 Å². The lowest BCUT2D eigenvalue weighted by atomic mass is 10.0. The zero-order chi connectivity index (χ0) is 10.3. The summed E-state index contributed by atoms with van der Waals surface area (Å²) < 4.78 is 0. The molecule has 15 heavy (non-hydrogen) atoms. The molecule has 0 spiro atoms. The van der Waals surface area contributed by atoms with Crippen LogP contribution in [-0.2, 0) is 0 Å². The molecule has 0 bridgehead atoms. The van der Waals surface area contributed by atoms with Crippen molar-refractivity contribution < 1.29 is 0 Å². The van der Waals surface area contributed by atoms with Crippen LogP contribution in [-0.4, -0.2) is 19.1 Å². The molecule has 0 unspecified atom stereocenters. The highest BCUT2D eigenvalue weighted by molar-refractivity contribution is 5.85. The third-order valence-electron chi connectivity index (χ3n) is 2.02. The van der Waals surface area contributed by atoms with Gasteiger partial charge < -0.3 is 11.1 Å². The minimum atomic E-state index is 0. The Balaban J connectivity index is -0.000000720. The Hall–Kier alpha value is 0.500. The fourth-order valence-corrected chi connectivity index (χ4v) is 1.40. The highest BCUT2D eigenvalue weighted by Crippen LogP contribution is 2.04. The molecule has 3 N–H and O–H groups in total. The van der Waals surface area contributed by atoms with Gasteiger partial charge in [0.05, 0.1) is 0 Å². The Morgan fingerprint density at radius 2 is 1.53 bits per heavy atom. The van der Waals surface area contributed by atoms with Gasteiger partial charge in [0.2, 0.25) is 0 Å². The minimum absolute atomic E-state index is 0. The van der Waals surface area contributed by atoms with Crippen molar-refractivity contribution in [2.24, 2.45) is 17.6 Å². The lowest BCUT2D eigenvalue weighted by Crippen LogP contribution is -2.29. The van der Waals surface area contributed by atoms with Crippen LogP contribution in [0.1, 0.15) is 40.5 Å². The van der Waals surface area contributed by atoms with Crippen LogP contribution in [0.4, 0.5) is 0 Å². The Bertz CT molecular complexity index is 119. The topological polar surface area (TPSA) is 38.0 Å². The van der Waals surface area contributed by atoms with Gasteiger partial charge in [0.1, 0.15) is 0 Å². The van der Waals surface area contributed by atoms with Crippen molar-refractivity contribution in [3.8, 4) is 0 Å². The van der Waals surface area contributed by atoms with Crippen LogP contribution >= 0.6 is 24.8 Å². The smallest absolute Gasteiger partial charge is 0.00533 e. The van der Waals surface area contributed by atoms with Gasteiger partial charge in [-0.05, 0) is 37.8 Å². The van der Waals surface area contributed by atoms with E-state index in [1.165, 1.54) is 0 Å². The lowest BCUT2D eigenvalue weighted by molar-refractivity contribution is 0.450. The van der Waals surface area contributed by atoms with Gasteiger partial charge in [0, 0.05) is 6.04 Å². The Morgan fingerprint density at radius 1 is 1.00 bits per heavy atom. The molecule has 0 fully saturated rings. The van der Waals surface area contributed by atoms with Crippen molar-refractivity contribution in [2.45, 2.75) is 46.6 Å². The van der Waals surface area contributed by atoms with Crippen LogP contribution in [0.25, 0.3) is 0 Å². The summed E-state index contributed by atoms with van der Waals surface area (Å²) in [5, 5.41) is 3.41. The molecule has 2 nitrogen and oxygen atoms in total. The van der Waals surface area contributed by atoms with Gasteiger partial charge in [-0.1, -0.05) is 27.7 Å². The second-order valence-electron chi connectivity index (χ2n) is 4.78. The summed E-state index contributed by atoms with van der Waals surface area (Å²) in [6.45, 7) is 11.1. The van der Waals surface area contributed by atoms with E-state index in [2.05, 4.69) is 33.0 Å². The van der Waals surface area contributed by atoms with Crippen molar-refractivity contribution in [3.63, 3.8) is 0 Å². The molecule has 0 aliphatic rings. The Labute approximate surface area is 108 Å². The summed E-state index contributed by atoms with van der Waals surface area (Å²) in [6.07, 6.45) is 2.24. The van der Waals surface area contributed by atoms with E-state index in [0.29, 0.717) is 6.04 Å². The molecule has 0 aromatic rings. The fourth-order valence-electron chi connectivity index (χ4n) is 1.40. The fraction of sp³-hybridized carbons (Fsp3) is 1.00. The van der Waals surface area contributed by atoms with E-state index in [4.69, 9.17) is 5.73 Å². The van der Waals surface area contributed by atoms with E-state index in [1.807, 2.05) is 0 Å². The monoisotopic (exact) mass is 258 g/mol. The van der Waals surface area contributed by atoms with Crippen LogP contribution in [0.3, 0.4) is 0 Å². The van der Waals surface area contributed by atoms with Gasteiger partial charge in [-0.15, -0.1) is 24.8 Å². The highest BCUT2D eigenvalue weighted by Gasteiger charge is 2.04. The summed E-state index contributed by atoms with van der Waals surface area (Å²) in [6, 6.07) is 0.375. The molecular weight excluding hydrogens is 231 g/mol. The number of nitrogens with one attached hydrogen (secondary N) is 1. The largest absolute Gasteiger partial charge is 0.328 e. The molecule has 0 amide bonds. The molecule has 1 atom stereocenters. The van der Waals surface area contributed by atoms with Crippen molar-refractivity contribution >= 4 is 24.8 Å². The zero-order valence-corrected chi connectivity index (χ0v) is 12.1. The van der Waals surface area contributed by atoms with Crippen LogP contribution in [0.5, 0.6) is 0 Å². The SMILES string of the molecule is CC(C)CNCC[C@@H](N)CC(C)C.Cl.Cl. The van der Waals surface area contributed by atoms with E-state index < -0.39 is 0 Å². The molecule has 4 heteroatoms. The summed E-state index contributed by atoms with van der Waals surface area (Å²) in [7, 11) is 0. The highest BCUT2D eigenvalue weighted by atomic mass is 35.5. The quantitative estimate of drug-likeness (QED) is 0.690. The van der Waals surface area contributed by atoms with E-state index in [-0.39, 0.29) is 24.8 Å². The average molecular weight is 259 g/mol. The lowest BCUT2D eigenvalue weighted by Gasteiger charge is -2.14. The maximum Gasteiger partial charge on any atom is 0.00533 e. The molecule has 96 valence electrons. The standard InChI is InChI=1S/C11H26N2.2ClH/c1-9(2)7-11(12)5-6-13-8-10(3)4;;/h9-11,13H,5-8,12H2,1-4H3;2*1H/t11-;;/m1../s1. The van der Waals surface area contributed by atoms with Gasteiger partial charge in [-0.2, -0.15) is 0 Å². The second-order valence-corrected chi connectivity index (χ2v) is 4.78. The first-order valence-corrected chi connectivity index (χ1v) is 5.48. The van der Waals surface area contributed by atoms with Gasteiger partial charge >= 0.3 is 0 Å².